The number of anilines is 1. The predicted octanol–water partition coefficient (Wildman–Crippen LogP) is 2.96. The monoisotopic (exact) mass is 308 g/mol. The van der Waals surface area contributed by atoms with Gasteiger partial charge in [-0.3, -0.25) is 0 Å². The highest BCUT2D eigenvalue weighted by molar-refractivity contribution is 7.89. The van der Waals surface area contributed by atoms with Crippen molar-refractivity contribution in [1.29, 1.82) is 0 Å². The Labute approximate surface area is 127 Å². The van der Waals surface area contributed by atoms with E-state index < -0.39 is 10.0 Å². The number of rotatable bonds is 3. The second-order valence-electron chi connectivity index (χ2n) is 6.64. The molecule has 1 aromatic carbocycles. The van der Waals surface area contributed by atoms with Crippen molar-refractivity contribution < 1.29 is 8.42 Å². The Bertz CT molecular complexity index is 646. The highest BCUT2D eigenvalue weighted by Crippen LogP contribution is 2.34. The Morgan fingerprint density at radius 2 is 1.90 bits per heavy atom. The molecule has 4 nitrogen and oxygen atoms in total. The molecule has 0 saturated heterocycles. The van der Waals surface area contributed by atoms with Crippen molar-refractivity contribution in [3.63, 3.8) is 0 Å². The van der Waals surface area contributed by atoms with Crippen LogP contribution >= 0.6 is 0 Å². The molecule has 5 heteroatoms. The van der Waals surface area contributed by atoms with Crippen molar-refractivity contribution in [2.24, 2.45) is 0 Å². The van der Waals surface area contributed by atoms with Gasteiger partial charge in [-0.15, -0.1) is 0 Å². The minimum absolute atomic E-state index is 0.279. The topological polar surface area (TPSA) is 58.2 Å². The molecule has 0 unspecified atom stereocenters. The molecule has 0 amide bonds. The fraction of sp³-hybridized carbons (Fsp3) is 0.625. The fourth-order valence-electron chi connectivity index (χ4n) is 3.61. The number of hydrogen-bond acceptors (Lipinski definition) is 3. The molecule has 0 radical (unpaired) electrons. The number of hydrogen-bond donors (Lipinski definition) is 2. The van der Waals surface area contributed by atoms with Crippen LogP contribution in [0.3, 0.4) is 0 Å². The molecule has 0 atom stereocenters. The molecule has 0 spiro atoms. The van der Waals surface area contributed by atoms with Gasteiger partial charge in [-0.05, 0) is 56.7 Å². The number of fused-ring (bicyclic) bond motifs is 1. The number of sulfonamides is 1. The van der Waals surface area contributed by atoms with Crippen LogP contribution in [0.4, 0.5) is 5.69 Å². The number of nitrogens with one attached hydrogen (secondary N) is 2. The van der Waals surface area contributed by atoms with Gasteiger partial charge in [0.2, 0.25) is 10.0 Å². The third kappa shape index (κ3) is 2.81. The largest absolute Gasteiger partial charge is 0.385 e. The second kappa shape index (κ2) is 5.29. The summed E-state index contributed by atoms with van der Waals surface area (Å²) in [7, 11) is -3.45. The first-order valence-electron chi connectivity index (χ1n) is 7.82. The third-order valence-electron chi connectivity index (χ3n) is 4.76. The predicted molar refractivity (Wildman–Crippen MR) is 85.2 cm³/mol. The molecule has 116 valence electrons. The van der Waals surface area contributed by atoms with Crippen LogP contribution in [-0.2, 0) is 16.4 Å². The SMILES string of the molecule is Cc1ccc(S(=O)(=O)NC2(C)CCCC2)c2c1NCCC2. The van der Waals surface area contributed by atoms with E-state index in [0.717, 1.165) is 61.9 Å². The molecule has 0 bridgehead atoms. The molecule has 1 heterocycles. The summed E-state index contributed by atoms with van der Waals surface area (Å²) in [5, 5.41) is 3.35. The Balaban J connectivity index is 1.99. The molecule has 1 fully saturated rings. The average molecular weight is 308 g/mol. The summed E-state index contributed by atoms with van der Waals surface area (Å²) >= 11 is 0. The van der Waals surface area contributed by atoms with E-state index in [2.05, 4.69) is 10.0 Å². The molecule has 1 aliphatic heterocycles. The van der Waals surface area contributed by atoms with Crippen molar-refractivity contribution >= 4 is 15.7 Å². The maximum absolute atomic E-state index is 12.8. The molecule has 1 saturated carbocycles. The van der Waals surface area contributed by atoms with Gasteiger partial charge in [0.15, 0.2) is 0 Å². The van der Waals surface area contributed by atoms with Crippen molar-refractivity contribution in [3.05, 3.63) is 23.3 Å². The zero-order valence-corrected chi connectivity index (χ0v) is 13.6. The van der Waals surface area contributed by atoms with Crippen LogP contribution in [0, 0.1) is 6.92 Å². The average Bonchev–Trinajstić information content (AvgIpc) is 2.84. The van der Waals surface area contributed by atoms with Crippen LogP contribution in [0.25, 0.3) is 0 Å². The van der Waals surface area contributed by atoms with E-state index in [-0.39, 0.29) is 5.54 Å². The van der Waals surface area contributed by atoms with Crippen LogP contribution in [0.1, 0.15) is 50.2 Å². The van der Waals surface area contributed by atoms with Crippen LogP contribution in [0.15, 0.2) is 17.0 Å². The van der Waals surface area contributed by atoms with Crippen LogP contribution in [0.2, 0.25) is 0 Å². The third-order valence-corrected chi connectivity index (χ3v) is 6.48. The van der Waals surface area contributed by atoms with Crippen LogP contribution in [0.5, 0.6) is 0 Å². The van der Waals surface area contributed by atoms with Gasteiger partial charge in [-0.1, -0.05) is 18.9 Å². The molecule has 21 heavy (non-hydrogen) atoms. The van der Waals surface area contributed by atoms with E-state index in [0.29, 0.717) is 4.90 Å². The Kier molecular flexibility index (Phi) is 3.74. The lowest BCUT2D eigenvalue weighted by molar-refractivity contribution is 0.427. The summed E-state index contributed by atoms with van der Waals surface area (Å²) in [5.74, 6) is 0. The first-order chi connectivity index (χ1) is 9.91. The summed E-state index contributed by atoms with van der Waals surface area (Å²) in [5.41, 5.74) is 2.81. The first-order valence-corrected chi connectivity index (χ1v) is 9.30. The molecule has 0 aromatic heterocycles. The Hall–Kier alpha value is -1.07. The van der Waals surface area contributed by atoms with Gasteiger partial charge in [0.25, 0.3) is 0 Å². The van der Waals surface area contributed by atoms with Gasteiger partial charge in [-0.2, -0.15) is 0 Å². The van der Waals surface area contributed by atoms with Gasteiger partial charge in [0.05, 0.1) is 4.90 Å². The molecule has 2 aliphatic rings. The fourth-order valence-corrected chi connectivity index (χ4v) is 5.35. The lowest BCUT2D eigenvalue weighted by atomic mass is 10.00. The number of benzene rings is 1. The van der Waals surface area contributed by atoms with Crippen molar-refractivity contribution in [2.45, 2.75) is 62.8 Å². The smallest absolute Gasteiger partial charge is 0.241 e. The zero-order valence-electron chi connectivity index (χ0n) is 12.8. The summed E-state index contributed by atoms with van der Waals surface area (Å²) in [4.78, 5) is 0.462. The first kappa shape index (κ1) is 14.9. The minimum atomic E-state index is -3.45. The molecule has 3 rings (SSSR count). The maximum Gasteiger partial charge on any atom is 0.241 e. The lowest BCUT2D eigenvalue weighted by Gasteiger charge is -2.28. The molecule has 2 N–H and O–H groups in total. The van der Waals surface area contributed by atoms with Crippen LogP contribution in [-0.4, -0.2) is 20.5 Å². The quantitative estimate of drug-likeness (QED) is 0.902. The standard InChI is InChI=1S/C16H24N2O2S/c1-12-7-8-14(13-6-5-11-17-15(12)13)21(19,20)18-16(2)9-3-4-10-16/h7-8,17-18H,3-6,9-11H2,1-2H3. The van der Waals surface area contributed by atoms with E-state index in [1.54, 1.807) is 6.07 Å². The highest BCUT2D eigenvalue weighted by atomic mass is 32.2. The van der Waals surface area contributed by atoms with Gasteiger partial charge in [0, 0.05) is 17.8 Å². The summed E-state index contributed by atoms with van der Waals surface area (Å²) in [6.07, 6.45) is 5.88. The van der Waals surface area contributed by atoms with Gasteiger partial charge >= 0.3 is 0 Å². The van der Waals surface area contributed by atoms with E-state index in [1.807, 2.05) is 19.9 Å². The Morgan fingerprint density at radius 1 is 1.19 bits per heavy atom. The molecular formula is C16H24N2O2S. The van der Waals surface area contributed by atoms with E-state index in [9.17, 15) is 8.42 Å². The number of aryl methyl sites for hydroxylation is 1. The molecular weight excluding hydrogens is 284 g/mol. The normalized spacial score (nSPS) is 20.9. The molecule has 1 aliphatic carbocycles. The summed E-state index contributed by atoms with van der Waals surface area (Å²) in [6, 6.07) is 3.67. The van der Waals surface area contributed by atoms with Gasteiger partial charge in [0.1, 0.15) is 0 Å². The zero-order chi connectivity index (χ0) is 15.1. The summed E-state index contributed by atoms with van der Waals surface area (Å²) in [6.45, 7) is 4.97. The van der Waals surface area contributed by atoms with Crippen molar-refractivity contribution in [3.8, 4) is 0 Å². The minimum Gasteiger partial charge on any atom is -0.385 e. The Morgan fingerprint density at radius 3 is 2.62 bits per heavy atom. The van der Waals surface area contributed by atoms with Crippen molar-refractivity contribution in [1.82, 2.24) is 4.72 Å². The second-order valence-corrected chi connectivity index (χ2v) is 8.29. The lowest BCUT2D eigenvalue weighted by Crippen LogP contribution is -2.43. The maximum atomic E-state index is 12.8. The van der Waals surface area contributed by atoms with E-state index in [1.165, 1.54) is 0 Å². The van der Waals surface area contributed by atoms with Gasteiger partial charge < -0.3 is 5.32 Å². The highest BCUT2D eigenvalue weighted by Gasteiger charge is 2.35. The van der Waals surface area contributed by atoms with Gasteiger partial charge in [-0.25, -0.2) is 13.1 Å². The molecule has 1 aromatic rings. The van der Waals surface area contributed by atoms with E-state index >= 15 is 0 Å². The summed E-state index contributed by atoms with van der Waals surface area (Å²) < 4.78 is 28.6. The van der Waals surface area contributed by atoms with Crippen LogP contribution < -0.4 is 10.0 Å². The van der Waals surface area contributed by atoms with Crippen molar-refractivity contribution in [2.75, 3.05) is 11.9 Å². The van der Waals surface area contributed by atoms with E-state index in [4.69, 9.17) is 0 Å².